The van der Waals surface area contributed by atoms with Crippen molar-refractivity contribution in [2.75, 3.05) is 27.8 Å². The van der Waals surface area contributed by atoms with Crippen LogP contribution in [0.4, 0.5) is 0 Å². The molecule has 0 unspecified atom stereocenters. The Morgan fingerprint density at radius 3 is 2.48 bits per heavy atom. The number of nitrogens with zero attached hydrogens (tertiary/aromatic N) is 1. The summed E-state index contributed by atoms with van der Waals surface area (Å²) in [7, 11) is 4.98. The van der Waals surface area contributed by atoms with Gasteiger partial charge in [-0.2, -0.15) is 0 Å². The lowest BCUT2D eigenvalue weighted by Gasteiger charge is -2.15. The molecule has 0 aliphatic rings. The molecule has 0 aliphatic heterocycles. The Bertz CT molecular complexity index is 837. The van der Waals surface area contributed by atoms with Crippen LogP contribution in [0.5, 0.6) is 11.5 Å². The van der Waals surface area contributed by atoms with Crippen LogP contribution >= 0.6 is 0 Å². The monoisotopic (exact) mass is 398 g/mol. The maximum atomic E-state index is 12.1. The number of carbonyl (C=O) groups excluding carboxylic acids is 1. The number of methoxy groups -OCH3 is 2. The number of nitrogens with one attached hydrogen (secondary N) is 3. The molecule has 0 fully saturated rings. The van der Waals surface area contributed by atoms with Gasteiger partial charge in [0.2, 0.25) is 0 Å². The number of aliphatic imine (C=N–C) groups is 1. The molecule has 156 valence electrons. The van der Waals surface area contributed by atoms with Gasteiger partial charge in [-0.05, 0) is 36.2 Å². The SMILES string of the molecule is CCCNC(=O)c1cccc(CNC(=NC)NCc2ccc(OC)cc2OC)c1. The predicted octanol–water partition coefficient (Wildman–Crippen LogP) is 2.71. The highest BCUT2D eigenvalue weighted by molar-refractivity contribution is 5.94. The zero-order valence-electron chi connectivity index (χ0n) is 17.5. The molecule has 2 rings (SSSR count). The maximum Gasteiger partial charge on any atom is 0.251 e. The summed E-state index contributed by atoms with van der Waals surface area (Å²) in [5, 5.41) is 9.43. The maximum absolute atomic E-state index is 12.1. The molecular weight excluding hydrogens is 368 g/mol. The second kappa shape index (κ2) is 11.6. The number of carbonyl (C=O) groups is 1. The van der Waals surface area contributed by atoms with Gasteiger partial charge in [-0.25, -0.2) is 0 Å². The van der Waals surface area contributed by atoms with Gasteiger partial charge in [-0.1, -0.05) is 19.1 Å². The van der Waals surface area contributed by atoms with Crippen molar-refractivity contribution >= 4 is 11.9 Å². The van der Waals surface area contributed by atoms with Crippen LogP contribution in [0.15, 0.2) is 47.5 Å². The molecule has 0 bridgehead atoms. The molecule has 0 atom stereocenters. The third-order valence-corrected chi connectivity index (χ3v) is 4.35. The van der Waals surface area contributed by atoms with Crippen molar-refractivity contribution in [1.82, 2.24) is 16.0 Å². The number of hydrogen-bond acceptors (Lipinski definition) is 4. The Morgan fingerprint density at radius 2 is 1.79 bits per heavy atom. The fraction of sp³-hybridized carbons (Fsp3) is 0.364. The Hall–Kier alpha value is -3.22. The van der Waals surface area contributed by atoms with Crippen LogP contribution in [0.2, 0.25) is 0 Å². The highest BCUT2D eigenvalue weighted by Crippen LogP contribution is 2.24. The lowest BCUT2D eigenvalue weighted by Crippen LogP contribution is -2.36. The molecule has 29 heavy (non-hydrogen) atoms. The second-order valence-electron chi connectivity index (χ2n) is 6.41. The fourth-order valence-electron chi connectivity index (χ4n) is 2.75. The lowest BCUT2D eigenvalue weighted by molar-refractivity contribution is 0.0953. The first-order valence-corrected chi connectivity index (χ1v) is 9.63. The van der Waals surface area contributed by atoms with Crippen molar-refractivity contribution in [3.8, 4) is 11.5 Å². The van der Waals surface area contributed by atoms with E-state index in [4.69, 9.17) is 9.47 Å². The van der Waals surface area contributed by atoms with Crippen molar-refractivity contribution in [3.05, 3.63) is 59.2 Å². The van der Waals surface area contributed by atoms with Gasteiger partial charge in [0.1, 0.15) is 11.5 Å². The van der Waals surface area contributed by atoms with E-state index in [9.17, 15) is 4.79 Å². The van der Waals surface area contributed by atoms with Crippen LogP contribution in [0.1, 0.15) is 34.8 Å². The lowest BCUT2D eigenvalue weighted by atomic mass is 10.1. The van der Waals surface area contributed by atoms with E-state index in [0.717, 1.165) is 29.0 Å². The van der Waals surface area contributed by atoms with Crippen LogP contribution < -0.4 is 25.4 Å². The molecule has 1 amide bonds. The van der Waals surface area contributed by atoms with Crippen LogP contribution in [0.25, 0.3) is 0 Å². The average molecular weight is 399 g/mol. The average Bonchev–Trinajstić information content (AvgIpc) is 2.77. The van der Waals surface area contributed by atoms with Crippen molar-refractivity contribution < 1.29 is 14.3 Å². The zero-order valence-corrected chi connectivity index (χ0v) is 17.5. The second-order valence-corrected chi connectivity index (χ2v) is 6.41. The van der Waals surface area contributed by atoms with Crippen molar-refractivity contribution in [2.24, 2.45) is 4.99 Å². The third-order valence-electron chi connectivity index (χ3n) is 4.35. The molecule has 2 aromatic rings. The summed E-state index contributed by atoms with van der Waals surface area (Å²) < 4.78 is 10.7. The molecule has 0 aliphatic carbocycles. The number of ether oxygens (including phenoxy) is 2. The van der Waals surface area contributed by atoms with E-state index in [-0.39, 0.29) is 5.91 Å². The zero-order chi connectivity index (χ0) is 21.1. The van der Waals surface area contributed by atoms with E-state index in [1.165, 1.54) is 0 Å². The van der Waals surface area contributed by atoms with Gasteiger partial charge in [0.25, 0.3) is 5.91 Å². The molecule has 0 radical (unpaired) electrons. The van der Waals surface area contributed by atoms with E-state index in [0.29, 0.717) is 31.2 Å². The van der Waals surface area contributed by atoms with Crippen LogP contribution in [0.3, 0.4) is 0 Å². The molecule has 0 spiro atoms. The largest absolute Gasteiger partial charge is 0.497 e. The van der Waals surface area contributed by atoms with E-state index < -0.39 is 0 Å². The molecule has 0 saturated carbocycles. The first-order valence-electron chi connectivity index (χ1n) is 9.63. The molecule has 3 N–H and O–H groups in total. The summed E-state index contributed by atoms with van der Waals surface area (Å²) in [5.41, 5.74) is 2.65. The molecular formula is C22H30N4O3. The van der Waals surface area contributed by atoms with E-state index in [1.54, 1.807) is 21.3 Å². The van der Waals surface area contributed by atoms with Crippen LogP contribution in [-0.4, -0.2) is 39.7 Å². The van der Waals surface area contributed by atoms with Crippen molar-refractivity contribution in [2.45, 2.75) is 26.4 Å². The van der Waals surface area contributed by atoms with E-state index >= 15 is 0 Å². The summed E-state index contributed by atoms with van der Waals surface area (Å²) >= 11 is 0. The van der Waals surface area contributed by atoms with Gasteiger partial charge in [0.05, 0.1) is 14.2 Å². The number of guanidine groups is 1. The standard InChI is InChI=1S/C22H30N4O3/c1-5-11-24-21(27)17-8-6-7-16(12-17)14-25-22(23-2)26-15-18-9-10-19(28-3)13-20(18)29-4/h6-10,12-13H,5,11,14-15H2,1-4H3,(H,24,27)(H2,23,25,26). The topological polar surface area (TPSA) is 84.0 Å². The minimum absolute atomic E-state index is 0.0530. The summed E-state index contributed by atoms with van der Waals surface area (Å²) in [6, 6.07) is 13.3. The Balaban J connectivity index is 1.94. The Labute approximate surface area is 172 Å². The van der Waals surface area contributed by atoms with Gasteiger partial charge in [-0.15, -0.1) is 0 Å². The summed E-state index contributed by atoms with van der Waals surface area (Å²) in [6.07, 6.45) is 0.911. The van der Waals surface area contributed by atoms with Gasteiger partial charge in [0.15, 0.2) is 5.96 Å². The highest BCUT2D eigenvalue weighted by Gasteiger charge is 2.08. The smallest absolute Gasteiger partial charge is 0.251 e. The predicted molar refractivity (Wildman–Crippen MR) is 116 cm³/mol. The minimum atomic E-state index is -0.0530. The number of hydrogen-bond donors (Lipinski definition) is 3. The van der Waals surface area contributed by atoms with Crippen molar-refractivity contribution in [1.29, 1.82) is 0 Å². The molecule has 0 heterocycles. The molecule has 0 aromatic heterocycles. The van der Waals surface area contributed by atoms with E-state index in [1.807, 2.05) is 49.4 Å². The highest BCUT2D eigenvalue weighted by atomic mass is 16.5. The first kappa shape index (κ1) is 22.1. The third kappa shape index (κ3) is 6.71. The van der Waals surface area contributed by atoms with Gasteiger partial charge < -0.3 is 25.4 Å². The van der Waals surface area contributed by atoms with Crippen LogP contribution in [0, 0.1) is 0 Å². The van der Waals surface area contributed by atoms with Crippen molar-refractivity contribution in [3.63, 3.8) is 0 Å². The summed E-state index contributed by atoms with van der Waals surface area (Å²) in [6.45, 7) is 3.80. The number of benzene rings is 2. The van der Waals surface area contributed by atoms with E-state index in [2.05, 4.69) is 20.9 Å². The molecule has 7 heteroatoms. The van der Waals surface area contributed by atoms with Gasteiger partial charge in [-0.3, -0.25) is 9.79 Å². The summed E-state index contributed by atoms with van der Waals surface area (Å²) in [4.78, 5) is 16.4. The Morgan fingerprint density at radius 1 is 1.00 bits per heavy atom. The fourth-order valence-corrected chi connectivity index (χ4v) is 2.75. The quantitative estimate of drug-likeness (QED) is 0.447. The molecule has 2 aromatic carbocycles. The molecule has 7 nitrogen and oxygen atoms in total. The Kier molecular flexibility index (Phi) is 8.82. The normalized spacial score (nSPS) is 11.0. The van der Waals surface area contributed by atoms with Crippen LogP contribution in [-0.2, 0) is 13.1 Å². The minimum Gasteiger partial charge on any atom is -0.497 e. The number of amides is 1. The van der Waals surface area contributed by atoms with Gasteiger partial charge >= 0.3 is 0 Å². The number of rotatable bonds is 9. The van der Waals surface area contributed by atoms with Gasteiger partial charge in [0, 0.05) is 43.9 Å². The molecule has 0 saturated heterocycles. The first-order chi connectivity index (χ1) is 14.1. The summed E-state index contributed by atoms with van der Waals surface area (Å²) in [5.74, 6) is 2.10.